The van der Waals surface area contributed by atoms with E-state index in [2.05, 4.69) is 23.5 Å². The molecule has 0 aromatic carbocycles. The molecule has 0 amide bonds. The summed E-state index contributed by atoms with van der Waals surface area (Å²) >= 11 is 0. The molecule has 1 aromatic heterocycles. The fourth-order valence-corrected chi connectivity index (χ4v) is 2.32. The number of aliphatic hydroxyl groups is 1. The Bertz CT molecular complexity index is 324. The van der Waals surface area contributed by atoms with Crippen LogP contribution in [-0.2, 0) is 6.54 Å². The molecular weight excluding hydrogens is 202 g/mol. The standard InChI is InChI=1S/C12H21N3O/c1-2-13-7-10-8-14-15(9-10)11-5-3-4-6-12(11)16/h8-9,11-13,16H,2-7H2,1H3. The van der Waals surface area contributed by atoms with Gasteiger partial charge >= 0.3 is 0 Å². The van der Waals surface area contributed by atoms with Gasteiger partial charge in [-0.25, -0.2) is 0 Å². The molecule has 16 heavy (non-hydrogen) atoms. The highest BCUT2D eigenvalue weighted by Gasteiger charge is 2.24. The number of aliphatic hydroxyl groups excluding tert-OH is 1. The Morgan fingerprint density at radius 1 is 1.50 bits per heavy atom. The maximum absolute atomic E-state index is 9.93. The van der Waals surface area contributed by atoms with E-state index in [1.807, 2.05) is 10.9 Å². The lowest BCUT2D eigenvalue weighted by atomic mass is 9.93. The maximum Gasteiger partial charge on any atom is 0.0778 e. The molecule has 1 fully saturated rings. The van der Waals surface area contributed by atoms with E-state index in [1.54, 1.807) is 0 Å². The first-order chi connectivity index (χ1) is 7.81. The second-order valence-electron chi connectivity index (χ2n) is 4.53. The van der Waals surface area contributed by atoms with E-state index in [4.69, 9.17) is 0 Å². The summed E-state index contributed by atoms with van der Waals surface area (Å²) in [4.78, 5) is 0. The minimum Gasteiger partial charge on any atom is -0.391 e. The van der Waals surface area contributed by atoms with Gasteiger partial charge in [-0.2, -0.15) is 5.10 Å². The molecule has 1 aliphatic rings. The third-order valence-electron chi connectivity index (χ3n) is 3.27. The van der Waals surface area contributed by atoms with Crippen LogP contribution in [0.25, 0.3) is 0 Å². The summed E-state index contributed by atoms with van der Waals surface area (Å²) in [5.41, 5.74) is 1.19. The molecule has 2 rings (SSSR count). The van der Waals surface area contributed by atoms with Crippen LogP contribution in [0.15, 0.2) is 12.4 Å². The van der Waals surface area contributed by atoms with Crippen LogP contribution in [-0.4, -0.2) is 27.5 Å². The predicted molar refractivity (Wildman–Crippen MR) is 63.1 cm³/mol. The predicted octanol–water partition coefficient (Wildman–Crippen LogP) is 1.47. The van der Waals surface area contributed by atoms with Crippen molar-refractivity contribution in [3.8, 4) is 0 Å². The molecule has 1 saturated carbocycles. The zero-order valence-electron chi connectivity index (χ0n) is 9.89. The normalized spacial score (nSPS) is 25.9. The van der Waals surface area contributed by atoms with Crippen molar-refractivity contribution in [2.24, 2.45) is 0 Å². The maximum atomic E-state index is 9.93. The number of hydrogen-bond donors (Lipinski definition) is 2. The average Bonchev–Trinajstić information content (AvgIpc) is 2.75. The Kier molecular flexibility index (Phi) is 3.96. The first-order valence-electron chi connectivity index (χ1n) is 6.23. The zero-order chi connectivity index (χ0) is 11.4. The SMILES string of the molecule is CCNCc1cnn(C2CCCCC2O)c1. The number of hydrogen-bond acceptors (Lipinski definition) is 3. The third kappa shape index (κ3) is 2.62. The van der Waals surface area contributed by atoms with Gasteiger partial charge in [0.25, 0.3) is 0 Å². The molecule has 2 N–H and O–H groups in total. The molecule has 2 atom stereocenters. The van der Waals surface area contributed by atoms with Gasteiger partial charge in [0.1, 0.15) is 0 Å². The second kappa shape index (κ2) is 5.46. The smallest absolute Gasteiger partial charge is 0.0778 e. The lowest BCUT2D eigenvalue weighted by Gasteiger charge is -2.27. The molecule has 0 saturated heterocycles. The summed E-state index contributed by atoms with van der Waals surface area (Å²) in [5, 5.41) is 17.6. The van der Waals surface area contributed by atoms with E-state index in [-0.39, 0.29) is 12.1 Å². The van der Waals surface area contributed by atoms with Crippen LogP contribution < -0.4 is 5.32 Å². The van der Waals surface area contributed by atoms with Crippen LogP contribution in [0.4, 0.5) is 0 Å². The number of nitrogens with one attached hydrogen (secondary N) is 1. The minimum absolute atomic E-state index is 0.184. The van der Waals surface area contributed by atoms with Gasteiger partial charge in [0.2, 0.25) is 0 Å². The van der Waals surface area contributed by atoms with Crippen molar-refractivity contribution in [3.63, 3.8) is 0 Å². The summed E-state index contributed by atoms with van der Waals surface area (Å²) in [7, 11) is 0. The second-order valence-corrected chi connectivity index (χ2v) is 4.53. The summed E-state index contributed by atoms with van der Waals surface area (Å²) in [5.74, 6) is 0. The first kappa shape index (κ1) is 11.6. The van der Waals surface area contributed by atoms with Gasteiger partial charge in [-0.3, -0.25) is 4.68 Å². The van der Waals surface area contributed by atoms with Crippen molar-refractivity contribution in [1.29, 1.82) is 0 Å². The van der Waals surface area contributed by atoms with Gasteiger partial charge in [0.05, 0.1) is 18.3 Å². The highest BCUT2D eigenvalue weighted by molar-refractivity contribution is 5.04. The van der Waals surface area contributed by atoms with Crippen molar-refractivity contribution in [2.45, 2.75) is 51.3 Å². The number of rotatable bonds is 4. The molecule has 0 radical (unpaired) electrons. The van der Waals surface area contributed by atoms with E-state index >= 15 is 0 Å². The Morgan fingerprint density at radius 2 is 2.31 bits per heavy atom. The Hall–Kier alpha value is -0.870. The molecular formula is C12H21N3O. The lowest BCUT2D eigenvalue weighted by Crippen LogP contribution is -2.27. The molecule has 1 aliphatic carbocycles. The van der Waals surface area contributed by atoms with Crippen molar-refractivity contribution in [3.05, 3.63) is 18.0 Å². The van der Waals surface area contributed by atoms with Gasteiger partial charge < -0.3 is 10.4 Å². The van der Waals surface area contributed by atoms with Gasteiger partial charge in [-0.15, -0.1) is 0 Å². The molecule has 0 spiro atoms. The highest BCUT2D eigenvalue weighted by atomic mass is 16.3. The van der Waals surface area contributed by atoms with E-state index in [1.165, 1.54) is 12.0 Å². The average molecular weight is 223 g/mol. The van der Waals surface area contributed by atoms with Crippen molar-refractivity contribution >= 4 is 0 Å². The fraction of sp³-hybridized carbons (Fsp3) is 0.750. The van der Waals surface area contributed by atoms with E-state index in [9.17, 15) is 5.11 Å². The van der Waals surface area contributed by atoms with E-state index in [0.29, 0.717) is 0 Å². The summed E-state index contributed by atoms with van der Waals surface area (Å²) in [6.45, 7) is 3.92. The molecule has 0 bridgehead atoms. The largest absolute Gasteiger partial charge is 0.391 e. The minimum atomic E-state index is -0.222. The highest BCUT2D eigenvalue weighted by Crippen LogP contribution is 2.28. The van der Waals surface area contributed by atoms with Gasteiger partial charge in [-0.05, 0) is 19.4 Å². The van der Waals surface area contributed by atoms with Crippen molar-refractivity contribution in [2.75, 3.05) is 6.54 Å². The third-order valence-corrected chi connectivity index (χ3v) is 3.27. The monoisotopic (exact) mass is 223 g/mol. The van der Waals surface area contributed by atoms with Crippen molar-refractivity contribution < 1.29 is 5.11 Å². The Balaban J connectivity index is 1.99. The lowest BCUT2D eigenvalue weighted by molar-refractivity contribution is 0.0694. The zero-order valence-corrected chi connectivity index (χ0v) is 9.89. The number of nitrogens with zero attached hydrogens (tertiary/aromatic N) is 2. The van der Waals surface area contributed by atoms with Gasteiger partial charge in [0, 0.05) is 18.3 Å². The molecule has 1 heterocycles. The van der Waals surface area contributed by atoms with E-state index < -0.39 is 0 Å². The summed E-state index contributed by atoms with van der Waals surface area (Å²) in [6, 6.07) is 0.184. The van der Waals surface area contributed by atoms with Crippen LogP contribution in [0.3, 0.4) is 0 Å². The van der Waals surface area contributed by atoms with Crippen LogP contribution in [0.2, 0.25) is 0 Å². The van der Waals surface area contributed by atoms with Gasteiger partial charge in [-0.1, -0.05) is 19.8 Å². The topological polar surface area (TPSA) is 50.1 Å². The summed E-state index contributed by atoms with van der Waals surface area (Å²) < 4.78 is 1.94. The van der Waals surface area contributed by atoms with Crippen LogP contribution in [0.1, 0.15) is 44.2 Å². The number of aromatic nitrogens is 2. The fourth-order valence-electron chi connectivity index (χ4n) is 2.32. The van der Waals surface area contributed by atoms with Gasteiger partial charge in [0.15, 0.2) is 0 Å². The van der Waals surface area contributed by atoms with Crippen molar-refractivity contribution in [1.82, 2.24) is 15.1 Å². The molecule has 1 aromatic rings. The summed E-state index contributed by atoms with van der Waals surface area (Å²) in [6.07, 6.45) is 8.02. The first-order valence-corrected chi connectivity index (χ1v) is 6.23. The van der Waals surface area contributed by atoms with Crippen LogP contribution in [0.5, 0.6) is 0 Å². The Morgan fingerprint density at radius 3 is 3.06 bits per heavy atom. The van der Waals surface area contributed by atoms with Crippen LogP contribution in [0, 0.1) is 0 Å². The molecule has 2 unspecified atom stereocenters. The molecule has 0 aliphatic heterocycles. The molecule has 4 nitrogen and oxygen atoms in total. The Labute approximate surface area is 96.7 Å². The molecule has 4 heteroatoms. The quantitative estimate of drug-likeness (QED) is 0.812. The molecule has 90 valence electrons. The van der Waals surface area contributed by atoms with E-state index in [0.717, 1.165) is 32.4 Å². The van der Waals surface area contributed by atoms with Crippen LogP contribution >= 0.6 is 0 Å².